The first-order valence-corrected chi connectivity index (χ1v) is 9.90. The fourth-order valence-electron chi connectivity index (χ4n) is 3.75. The Kier molecular flexibility index (Phi) is 7.13. The van der Waals surface area contributed by atoms with E-state index in [4.69, 9.17) is 9.47 Å². The average Bonchev–Trinajstić information content (AvgIpc) is 2.72. The Labute approximate surface area is 163 Å². The Balaban J connectivity index is 1.41. The van der Waals surface area contributed by atoms with E-state index < -0.39 is 0 Å². The number of ether oxygens (including phenoxy) is 2. The van der Waals surface area contributed by atoms with E-state index in [0.29, 0.717) is 6.04 Å². The number of hydrogen-bond donors (Lipinski definition) is 0. The number of rotatable bonds is 8. The van der Waals surface area contributed by atoms with Gasteiger partial charge in [-0.25, -0.2) is 0 Å². The van der Waals surface area contributed by atoms with Crippen LogP contribution in [0.1, 0.15) is 18.1 Å². The molecule has 0 bridgehead atoms. The maximum atomic E-state index is 5.24. The summed E-state index contributed by atoms with van der Waals surface area (Å²) in [6.07, 6.45) is 2.20. The molecule has 27 heavy (non-hydrogen) atoms. The normalized spacial score (nSPS) is 18.4. The highest BCUT2D eigenvalue weighted by Gasteiger charge is 2.22. The SMILES string of the molecule is COc1ccc(CCN2CCN(CCc3ccc(OC)cc3)C(C)C2)cc1. The molecule has 4 heteroatoms. The van der Waals surface area contributed by atoms with E-state index in [9.17, 15) is 0 Å². The summed E-state index contributed by atoms with van der Waals surface area (Å²) >= 11 is 0. The molecule has 0 radical (unpaired) electrons. The van der Waals surface area contributed by atoms with Crippen molar-refractivity contribution < 1.29 is 9.47 Å². The maximum Gasteiger partial charge on any atom is 0.118 e. The number of hydrogen-bond acceptors (Lipinski definition) is 4. The van der Waals surface area contributed by atoms with Gasteiger partial charge in [0.2, 0.25) is 0 Å². The van der Waals surface area contributed by atoms with Gasteiger partial charge in [0, 0.05) is 38.8 Å². The van der Waals surface area contributed by atoms with Crippen LogP contribution in [0.5, 0.6) is 11.5 Å². The Bertz CT molecular complexity index is 685. The van der Waals surface area contributed by atoms with Crippen molar-refractivity contribution in [2.75, 3.05) is 46.9 Å². The maximum absolute atomic E-state index is 5.24. The van der Waals surface area contributed by atoms with Crippen molar-refractivity contribution >= 4 is 0 Å². The van der Waals surface area contributed by atoms with Crippen LogP contribution >= 0.6 is 0 Å². The third kappa shape index (κ3) is 5.72. The molecule has 0 aromatic heterocycles. The van der Waals surface area contributed by atoms with Gasteiger partial charge in [0.05, 0.1) is 14.2 Å². The Morgan fingerprint density at radius 2 is 1.30 bits per heavy atom. The molecule has 1 aliphatic heterocycles. The zero-order chi connectivity index (χ0) is 19.1. The fourth-order valence-corrected chi connectivity index (χ4v) is 3.75. The van der Waals surface area contributed by atoms with Crippen molar-refractivity contribution in [3.8, 4) is 11.5 Å². The molecule has 0 aliphatic carbocycles. The lowest BCUT2D eigenvalue weighted by molar-refractivity contribution is 0.0853. The Morgan fingerprint density at radius 1 is 0.778 bits per heavy atom. The molecular weight excluding hydrogens is 336 g/mol. The van der Waals surface area contributed by atoms with Crippen LogP contribution in [0.2, 0.25) is 0 Å². The molecule has 1 unspecified atom stereocenters. The Hall–Kier alpha value is -2.04. The monoisotopic (exact) mass is 368 g/mol. The fraction of sp³-hybridized carbons (Fsp3) is 0.478. The minimum Gasteiger partial charge on any atom is -0.497 e. The minimum atomic E-state index is 0.605. The summed E-state index contributed by atoms with van der Waals surface area (Å²) in [6, 6.07) is 17.5. The molecule has 3 rings (SSSR count). The third-order valence-corrected chi connectivity index (χ3v) is 5.57. The van der Waals surface area contributed by atoms with Gasteiger partial charge in [-0.15, -0.1) is 0 Å². The molecule has 0 N–H and O–H groups in total. The van der Waals surface area contributed by atoms with Crippen molar-refractivity contribution in [1.82, 2.24) is 9.80 Å². The molecule has 0 amide bonds. The molecule has 1 fully saturated rings. The van der Waals surface area contributed by atoms with E-state index in [2.05, 4.69) is 65.3 Å². The van der Waals surface area contributed by atoms with E-state index in [1.807, 2.05) is 0 Å². The third-order valence-electron chi connectivity index (χ3n) is 5.57. The predicted molar refractivity (Wildman–Crippen MR) is 111 cm³/mol. The second kappa shape index (κ2) is 9.77. The van der Waals surface area contributed by atoms with Gasteiger partial charge in [0.25, 0.3) is 0 Å². The van der Waals surface area contributed by atoms with E-state index in [0.717, 1.165) is 57.1 Å². The summed E-state index contributed by atoms with van der Waals surface area (Å²) in [6.45, 7) is 8.07. The first-order chi connectivity index (χ1) is 13.2. The second-order valence-electron chi connectivity index (χ2n) is 7.38. The summed E-state index contributed by atoms with van der Waals surface area (Å²) in [5, 5.41) is 0. The number of piperazine rings is 1. The zero-order valence-electron chi connectivity index (χ0n) is 16.9. The lowest BCUT2D eigenvalue weighted by atomic mass is 10.1. The first kappa shape index (κ1) is 19.7. The first-order valence-electron chi connectivity index (χ1n) is 9.90. The van der Waals surface area contributed by atoms with E-state index in [1.165, 1.54) is 11.1 Å². The summed E-state index contributed by atoms with van der Waals surface area (Å²) in [7, 11) is 3.43. The van der Waals surface area contributed by atoms with Crippen LogP contribution in [0.25, 0.3) is 0 Å². The van der Waals surface area contributed by atoms with Gasteiger partial charge in [0.15, 0.2) is 0 Å². The molecule has 2 aromatic carbocycles. The smallest absolute Gasteiger partial charge is 0.118 e. The van der Waals surface area contributed by atoms with Crippen LogP contribution in [0.3, 0.4) is 0 Å². The van der Waals surface area contributed by atoms with Gasteiger partial charge >= 0.3 is 0 Å². The van der Waals surface area contributed by atoms with Crippen LogP contribution in [-0.4, -0.2) is 62.8 Å². The van der Waals surface area contributed by atoms with Crippen LogP contribution < -0.4 is 9.47 Å². The molecule has 1 aliphatic rings. The van der Waals surface area contributed by atoms with Crippen molar-refractivity contribution in [2.45, 2.75) is 25.8 Å². The van der Waals surface area contributed by atoms with E-state index in [1.54, 1.807) is 14.2 Å². The van der Waals surface area contributed by atoms with Gasteiger partial charge in [0.1, 0.15) is 11.5 Å². The van der Waals surface area contributed by atoms with Gasteiger partial charge < -0.3 is 14.4 Å². The van der Waals surface area contributed by atoms with Crippen molar-refractivity contribution in [1.29, 1.82) is 0 Å². The number of methoxy groups -OCH3 is 2. The van der Waals surface area contributed by atoms with Crippen LogP contribution in [0, 0.1) is 0 Å². The molecule has 1 heterocycles. The second-order valence-corrected chi connectivity index (χ2v) is 7.38. The summed E-state index contributed by atoms with van der Waals surface area (Å²) < 4.78 is 10.5. The lowest BCUT2D eigenvalue weighted by Crippen LogP contribution is -2.52. The van der Waals surface area contributed by atoms with Gasteiger partial charge in [-0.1, -0.05) is 24.3 Å². The van der Waals surface area contributed by atoms with Crippen molar-refractivity contribution in [3.63, 3.8) is 0 Å². The zero-order valence-corrected chi connectivity index (χ0v) is 16.9. The van der Waals surface area contributed by atoms with E-state index >= 15 is 0 Å². The molecule has 146 valence electrons. The van der Waals surface area contributed by atoms with Crippen LogP contribution in [-0.2, 0) is 12.8 Å². The highest BCUT2D eigenvalue weighted by molar-refractivity contribution is 5.28. The summed E-state index contributed by atoms with van der Waals surface area (Å²) in [5.41, 5.74) is 2.76. The van der Waals surface area contributed by atoms with Crippen molar-refractivity contribution in [3.05, 3.63) is 59.7 Å². The standard InChI is InChI=1S/C23H32N2O2/c1-19-18-24(14-12-20-4-8-22(26-2)9-5-20)16-17-25(19)15-13-21-6-10-23(27-3)11-7-21/h4-11,19H,12-18H2,1-3H3. The van der Waals surface area contributed by atoms with Gasteiger partial charge in [-0.05, 0) is 55.2 Å². The van der Waals surface area contributed by atoms with Gasteiger partial charge in [-0.2, -0.15) is 0 Å². The molecule has 2 aromatic rings. The molecule has 1 saturated heterocycles. The quantitative estimate of drug-likeness (QED) is 0.712. The highest BCUT2D eigenvalue weighted by Crippen LogP contribution is 2.16. The molecule has 1 atom stereocenters. The van der Waals surface area contributed by atoms with E-state index in [-0.39, 0.29) is 0 Å². The highest BCUT2D eigenvalue weighted by atomic mass is 16.5. The number of nitrogens with zero attached hydrogens (tertiary/aromatic N) is 2. The minimum absolute atomic E-state index is 0.605. The molecule has 4 nitrogen and oxygen atoms in total. The average molecular weight is 369 g/mol. The molecular formula is C23H32N2O2. The topological polar surface area (TPSA) is 24.9 Å². The molecule has 0 saturated carbocycles. The lowest BCUT2D eigenvalue weighted by Gasteiger charge is -2.40. The van der Waals surface area contributed by atoms with Gasteiger partial charge in [-0.3, -0.25) is 4.90 Å². The Morgan fingerprint density at radius 3 is 1.78 bits per heavy atom. The summed E-state index contributed by atoms with van der Waals surface area (Å²) in [4.78, 5) is 5.22. The summed E-state index contributed by atoms with van der Waals surface area (Å²) in [5.74, 6) is 1.86. The molecule has 0 spiro atoms. The van der Waals surface area contributed by atoms with Crippen molar-refractivity contribution in [2.24, 2.45) is 0 Å². The van der Waals surface area contributed by atoms with Crippen LogP contribution in [0.4, 0.5) is 0 Å². The number of benzene rings is 2. The van der Waals surface area contributed by atoms with Crippen LogP contribution in [0.15, 0.2) is 48.5 Å². The largest absolute Gasteiger partial charge is 0.497 e. The predicted octanol–water partition coefficient (Wildman–Crippen LogP) is 3.50.